The lowest BCUT2D eigenvalue weighted by molar-refractivity contribution is 0.707. The molecule has 10 aromatic carbocycles. The fourth-order valence-electron chi connectivity index (χ4n) is 11.1. The molecule has 12 aromatic rings. The minimum absolute atomic E-state index is 0.489. The van der Waals surface area contributed by atoms with Crippen LogP contribution in [0.3, 0.4) is 0 Å². The monoisotopic (exact) mass is 836 g/mol. The molecule has 1 aliphatic carbocycles. The number of anilines is 3. The van der Waals surface area contributed by atoms with Crippen LogP contribution in [0.25, 0.3) is 69.6 Å². The van der Waals surface area contributed by atoms with Crippen molar-refractivity contribution in [2.75, 3.05) is 4.90 Å². The lowest BCUT2D eigenvalue weighted by atomic mass is 9.59. The summed E-state index contributed by atoms with van der Waals surface area (Å²) in [6.07, 6.45) is 0. The molecule has 4 heteroatoms. The third kappa shape index (κ3) is 4.85. The van der Waals surface area contributed by atoms with Crippen LogP contribution < -0.4 is 4.90 Å². The molecule has 0 fully saturated rings. The summed E-state index contributed by atoms with van der Waals surface area (Å²) in [5, 5.41) is 7.63. The minimum atomic E-state index is -0.489. The molecule has 3 heterocycles. The zero-order valence-electron chi connectivity index (χ0n) is 34.0. The molecule has 0 saturated carbocycles. The van der Waals surface area contributed by atoms with Crippen LogP contribution >= 0.6 is 23.1 Å². The summed E-state index contributed by atoms with van der Waals surface area (Å²) in [5.41, 5.74) is 14.4. The highest BCUT2D eigenvalue weighted by atomic mass is 32.2. The average Bonchev–Trinajstić information content (AvgIpc) is 3.88. The van der Waals surface area contributed by atoms with Gasteiger partial charge in [0.05, 0.1) is 22.1 Å². The molecule has 294 valence electrons. The van der Waals surface area contributed by atoms with E-state index in [1.54, 1.807) is 0 Å². The molecule has 0 atom stereocenters. The van der Waals surface area contributed by atoms with Crippen molar-refractivity contribution in [2.24, 2.45) is 0 Å². The topological polar surface area (TPSA) is 8.17 Å². The van der Waals surface area contributed by atoms with E-state index in [1.807, 2.05) is 23.1 Å². The van der Waals surface area contributed by atoms with Crippen LogP contribution in [0.5, 0.6) is 0 Å². The van der Waals surface area contributed by atoms with Gasteiger partial charge in [0.2, 0.25) is 0 Å². The number of rotatable bonds is 4. The highest BCUT2D eigenvalue weighted by Gasteiger charge is 2.48. The Kier molecular flexibility index (Phi) is 7.45. The number of fused-ring (bicyclic) bond motifs is 14. The lowest BCUT2D eigenvalue weighted by Crippen LogP contribution is -2.36. The summed E-state index contributed by atoms with van der Waals surface area (Å²) in [4.78, 5) is 5.10. The molecule has 0 amide bonds. The Morgan fingerprint density at radius 3 is 1.87 bits per heavy atom. The van der Waals surface area contributed by atoms with Crippen LogP contribution in [0.15, 0.2) is 228 Å². The van der Waals surface area contributed by atoms with Gasteiger partial charge in [0.25, 0.3) is 0 Å². The maximum absolute atomic E-state index is 2.48. The number of aromatic nitrogens is 1. The Morgan fingerprint density at radius 1 is 0.381 bits per heavy atom. The van der Waals surface area contributed by atoms with Crippen LogP contribution in [-0.2, 0) is 5.41 Å². The van der Waals surface area contributed by atoms with Crippen molar-refractivity contribution in [3.05, 3.63) is 241 Å². The fourth-order valence-corrected chi connectivity index (χ4v) is 13.5. The van der Waals surface area contributed by atoms with Crippen LogP contribution in [0, 0.1) is 0 Å². The van der Waals surface area contributed by atoms with E-state index in [0.29, 0.717) is 0 Å². The van der Waals surface area contributed by atoms with E-state index in [4.69, 9.17) is 0 Å². The number of thiophene rings is 1. The smallest absolute Gasteiger partial charge is 0.0735 e. The van der Waals surface area contributed by atoms with Crippen LogP contribution in [0.4, 0.5) is 17.1 Å². The van der Waals surface area contributed by atoms with Crippen molar-refractivity contribution in [1.29, 1.82) is 0 Å². The summed E-state index contributed by atoms with van der Waals surface area (Å²) in [7, 11) is 0. The van der Waals surface area contributed by atoms with E-state index in [2.05, 4.69) is 228 Å². The maximum atomic E-state index is 2.48. The van der Waals surface area contributed by atoms with Crippen LogP contribution in [0.2, 0.25) is 0 Å². The average molecular weight is 837 g/mol. The van der Waals surface area contributed by atoms with Gasteiger partial charge < -0.3 is 9.47 Å². The molecule has 1 spiro atoms. The van der Waals surface area contributed by atoms with E-state index in [1.165, 1.54) is 102 Å². The Morgan fingerprint density at radius 2 is 1.03 bits per heavy atom. The molecule has 2 aliphatic rings. The van der Waals surface area contributed by atoms with Crippen molar-refractivity contribution in [2.45, 2.75) is 15.2 Å². The first-order chi connectivity index (χ1) is 31.3. The Labute approximate surface area is 372 Å². The largest absolute Gasteiger partial charge is 0.310 e. The zero-order chi connectivity index (χ0) is 41.2. The molecule has 0 bridgehead atoms. The second-order valence-corrected chi connectivity index (χ2v) is 18.9. The van der Waals surface area contributed by atoms with Crippen molar-refractivity contribution < 1.29 is 0 Å². The second kappa shape index (κ2) is 13.3. The molecular weight excluding hydrogens is 801 g/mol. The predicted octanol–water partition coefficient (Wildman–Crippen LogP) is 16.6. The quantitative estimate of drug-likeness (QED) is 0.174. The van der Waals surface area contributed by atoms with Gasteiger partial charge in [-0.3, -0.25) is 0 Å². The zero-order valence-corrected chi connectivity index (χ0v) is 35.6. The summed E-state index contributed by atoms with van der Waals surface area (Å²) < 4.78 is 5.07. The van der Waals surface area contributed by atoms with Crippen molar-refractivity contribution in [1.82, 2.24) is 4.57 Å². The predicted molar refractivity (Wildman–Crippen MR) is 267 cm³/mol. The van der Waals surface area contributed by atoms with E-state index in [9.17, 15) is 0 Å². The molecule has 2 nitrogen and oxygen atoms in total. The third-order valence-electron chi connectivity index (χ3n) is 13.6. The van der Waals surface area contributed by atoms with E-state index >= 15 is 0 Å². The summed E-state index contributed by atoms with van der Waals surface area (Å²) >= 11 is 3.76. The Hall–Kier alpha value is -7.37. The van der Waals surface area contributed by atoms with Gasteiger partial charge in [0.1, 0.15) is 0 Å². The molecule has 0 N–H and O–H groups in total. The first-order valence-corrected chi connectivity index (χ1v) is 23.2. The highest BCUT2D eigenvalue weighted by molar-refractivity contribution is 7.99. The van der Waals surface area contributed by atoms with Gasteiger partial charge in [-0.15, -0.1) is 11.3 Å². The number of hydrogen-bond donors (Lipinski definition) is 0. The first-order valence-electron chi connectivity index (χ1n) is 21.6. The van der Waals surface area contributed by atoms with E-state index in [-0.39, 0.29) is 0 Å². The van der Waals surface area contributed by atoms with Crippen molar-refractivity contribution in [3.63, 3.8) is 0 Å². The van der Waals surface area contributed by atoms with Gasteiger partial charge in [0, 0.05) is 63.2 Å². The molecule has 63 heavy (non-hydrogen) atoms. The molecular formula is C59H36N2S2. The normalized spacial score (nSPS) is 13.5. The fraction of sp³-hybridized carbons (Fsp3) is 0.0169. The van der Waals surface area contributed by atoms with E-state index < -0.39 is 5.41 Å². The molecule has 0 unspecified atom stereocenters. The molecule has 14 rings (SSSR count). The number of nitrogens with zero attached hydrogens (tertiary/aromatic N) is 2. The van der Waals surface area contributed by atoms with Crippen molar-refractivity contribution >= 4 is 92.9 Å². The molecule has 0 saturated heterocycles. The maximum Gasteiger partial charge on any atom is 0.0735 e. The standard InChI is InChI=1S/C59H36N2S2/c1-2-15-37(16-3-1)60(38-30-33-53-46(35-38)41-18-5-10-25-51(41)61(53)39-29-31-43-42-19-6-11-26-54(42)62-57(43)36-39)52-34-32-44-40-17-4-7-21-47(40)59(50-24-14-20-45(52)58(44)50)48-22-8-12-27-55(48)63-56-28-13-9-23-49(56)59/h1-36H. The van der Waals surface area contributed by atoms with Crippen LogP contribution in [0.1, 0.15) is 22.3 Å². The van der Waals surface area contributed by atoms with E-state index in [0.717, 1.165) is 17.1 Å². The number of hydrogen-bond acceptors (Lipinski definition) is 3. The van der Waals surface area contributed by atoms with Gasteiger partial charge in [-0.05, 0) is 112 Å². The molecule has 0 radical (unpaired) electrons. The van der Waals surface area contributed by atoms with Gasteiger partial charge >= 0.3 is 0 Å². The van der Waals surface area contributed by atoms with Gasteiger partial charge in [-0.2, -0.15) is 0 Å². The SMILES string of the molecule is c1ccc(N(c2ccc3c(c2)c2ccccc2n3-c2ccc3c(c2)sc2ccccc23)c2ccc3c4c(cccc24)C2(c4ccccc4Sc4ccccc42)c2ccccc2-3)cc1. The summed E-state index contributed by atoms with van der Waals surface area (Å²) in [6.45, 7) is 0. The van der Waals surface area contributed by atoms with Crippen LogP contribution in [-0.4, -0.2) is 4.57 Å². The Balaban J connectivity index is 1.02. The molecule has 2 aromatic heterocycles. The highest BCUT2D eigenvalue weighted by Crippen LogP contribution is 2.62. The van der Waals surface area contributed by atoms with Gasteiger partial charge in [0.15, 0.2) is 0 Å². The number of para-hydroxylation sites is 2. The lowest BCUT2D eigenvalue weighted by Gasteiger charge is -2.46. The van der Waals surface area contributed by atoms with Gasteiger partial charge in [-0.1, -0.05) is 157 Å². The summed E-state index contributed by atoms with van der Waals surface area (Å²) in [6, 6.07) is 81.6. The Bertz CT molecular complexity index is 3810. The first kappa shape index (κ1) is 35.2. The minimum Gasteiger partial charge on any atom is -0.310 e. The third-order valence-corrected chi connectivity index (χ3v) is 15.9. The second-order valence-electron chi connectivity index (χ2n) is 16.8. The number of benzene rings is 10. The van der Waals surface area contributed by atoms with Crippen molar-refractivity contribution in [3.8, 4) is 16.8 Å². The molecule has 1 aliphatic heterocycles. The van der Waals surface area contributed by atoms with Gasteiger partial charge in [-0.25, -0.2) is 0 Å². The summed E-state index contributed by atoms with van der Waals surface area (Å²) in [5.74, 6) is 0.